The lowest BCUT2D eigenvalue weighted by Crippen LogP contribution is -2.46. The van der Waals surface area contributed by atoms with Crippen molar-refractivity contribution < 1.29 is 19.1 Å². The molecule has 33 heavy (non-hydrogen) atoms. The van der Waals surface area contributed by atoms with E-state index >= 15 is 0 Å². The number of carbonyl (C=O) groups is 3. The molecular formula is C26H25N3O4. The molecule has 1 heterocycles. The highest BCUT2D eigenvalue weighted by molar-refractivity contribution is 6.09. The second-order valence-corrected chi connectivity index (χ2v) is 7.84. The fourth-order valence-corrected chi connectivity index (χ4v) is 4.05. The fourth-order valence-electron chi connectivity index (χ4n) is 4.05. The summed E-state index contributed by atoms with van der Waals surface area (Å²) in [5.74, 6) is -0.235. The summed E-state index contributed by atoms with van der Waals surface area (Å²) >= 11 is 0. The van der Waals surface area contributed by atoms with Crippen LogP contribution in [0.25, 0.3) is 0 Å². The monoisotopic (exact) mass is 443 g/mol. The first kappa shape index (κ1) is 22.1. The number of amides is 4. The van der Waals surface area contributed by atoms with Crippen LogP contribution in [0.4, 0.5) is 4.79 Å². The Labute approximate surface area is 192 Å². The van der Waals surface area contributed by atoms with Crippen LogP contribution in [0.5, 0.6) is 5.75 Å². The van der Waals surface area contributed by atoms with Crippen molar-refractivity contribution in [2.24, 2.45) is 0 Å². The largest absolute Gasteiger partial charge is 0.496 e. The van der Waals surface area contributed by atoms with E-state index in [2.05, 4.69) is 10.6 Å². The Hall–Kier alpha value is -4.13. The molecule has 3 aromatic rings. The van der Waals surface area contributed by atoms with Gasteiger partial charge >= 0.3 is 6.03 Å². The first-order valence-corrected chi connectivity index (χ1v) is 10.7. The maximum atomic E-state index is 13.6. The lowest BCUT2D eigenvalue weighted by atomic mass is 9.83. The van der Waals surface area contributed by atoms with Gasteiger partial charge in [-0.25, -0.2) is 4.79 Å². The lowest BCUT2D eigenvalue weighted by Gasteiger charge is -2.27. The molecule has 168 valence electrons. The highest BCUT2D eigenvalue weighted by Gasteiger charge is 2.52. The number of methoxy groups -OCH3 is 1. The van der Waals surface area contributed by atoms with E-state index in [0.717, 1.165) is 16.0 Å². The molecule has 0 spiro atoms. The molecule has 4 amide bonds. The normalized spacial score (nSPS) is 17.5. The number of para-hydroxylation sites is 1. The second-order valence-electron chi connectivity index (χ2n) is 7.84. The minimum absolute atomic E-state index is 0.223. The molecule has 0 bridgehead atoms. The van der Waals surface area contributed by atoms with Crippen LogP contribution in [0.1, 0.15) is 16.7 Å². The molecule has 3 aromatic carbocycles. The summed E-state index contributed by atoms with van der Waals surface area (Å²) in [4.78, 5) is 40.1. The third-order valence-electron chi connectivity index (χ3n) is 5.72. The van der Waals surface area contributed by atoms with Gasteiger partial charge in [0.1, 0.15) is 12.3 Å². The first-order chi connectivity index (χ1) is 16.0. The van der Waals surface area contributed by atoms with E-state index in [-0.39, 0.29) is 19.5 Å². The standard InChI is InChI=1S/C26H25N3O4/c1-33-22-15-9-8-12-20(22)17-27-23(30)18-29-24(31)26(28-25(29)32,21-13-6-3-7-14-21)16-19-10-4-2-5-11-19/h2-15H,16-18H2,1H3,(H,27,30)(H,28,32)/t26-/m0/s1. The Morgan fingerprint density at radius 3 is 2.27 bits per heavy atom. The average Bonchev–Trinajstić information content (AvgIpc) is 3.09. The number of nitrogens with one attached hydrogen (secondary N) is 2. The minimum Gasteiger partial charge on any atom is -0.496 e. The zero-order valence-electron chi connectivity index (χ0n) is 18.3. The van der Waals surface area contributed by atoms with Crippen LogP contribution < -0.4 is 15.4 Å². The third-order valence-corrected chi connectivity index (χ3v) is 5.72. The van der Waals surface area contributed by atoms with Gasteiger partial charge in [-0.2, -0.15) is 0 Å². The Balaban J connectivity index is 1.53. The lowest BCUT2D eigenvalue weighted by molar-refractivity contribution is -0.135. The van der Waals surface area contributed by atoms with E-state index in [9.17, 15) is 14.4 Å². The number of benzene rings is 3. The van der Waals surface area contributed by atoms with Crippen LogP contribution in [0.2, 0.25) is 0 Å². The van der Waals surface area contributed by atoms with Gasteiger partial charge in [-0.1, -0.05) is 78.9 Å². The van der Waals surface area contributed by atoms with Gasteiger partial charge in [0.05, 0.1) is 7.11 Å². The van der Waals surface area contributed by atoms with Crippen molar-refractivity contribution in [2.75, 3.05) is 13.7 Å². The Morgan fingerprint density at radius 1 is 0.939 bits per heavy atom. The van der Waals surface area contributed by atoms with E-state index < -0.39 is 23.4 Å². The summed E-state index contributed by atoms with van der Waals surface area (Å²) in [6.07, 6.45) is 0.280. The predicted molar refractivity (Wildman–Crippen MR) is 123 cm³/mol. The molecule has 0 aromatic heterocycles. The topological polar surface area (TPSA) is 87.7 Å². The van der Waals surface area contributed by atoms with E-state index in [1.54, 1.807) is 13.2 Å². The number of ether oxygens (including phenoxy) is 1. The Morgan fingerprint density at radius 2 is 1.58 bits per heavy atom. The molecule has 7 nitrogen and oxygen atoms in total. The molecule has 0 unspecified atom stereocenters. The fraction of sp³-hybridized carbons (Fsp3) is 0.192. The Kier molecular flexibility index (Phi) is 6.40. The zero-order valence-corrected chi connectivity index (χ0v) is 18.3. The van der Waals surface area contributed by atoms with Crippen molar-refractivity contribution in [2.45, 2.75) is 18.5 Å². The van der Waals surface area contributed by atoms with Crippen molar-refractivity contribution in [1.29, 1.82) is 0 Å². The van der Waals surface area contributed by atoms with Crippen LogP contribution >= 0.6 is 0 Å². The highest BCUT2D eigenvalue weighted by atomic mass is 16.5. The number of hydrogen-bond acceptors (Lipinski definition) is 4. The second kappa shape index (κ2) is 9.56. The van der Waals surface area contributed by atoms with Crippen LogP contribution in [0.15, 0.2) is 84.9 Å². The molecule has 1 aliphatic rings. The van der Waals surface area contributed by atoms with Gasteiger partial charge in [-0.05, 0) is 17.2 Å². The van der Waals surface area contributed by atoms with Crippen LogP contribution in [-0.4, -0.2) is 36.4 Å². The minimum atomic E-state index is -1.28. The molecule has 1 saturated heterocycles. The molecular weight excluding hydrogens is 418 g/mol. The highest BCUT2D eigenvalue weighted by Crippen LogP contribution is 2.33. The quantitative estimate of drug-likeness (QED) is 0.524. The van der Waals surface area contributed by atoms with E-state index in [0.29, 0.717) is 11.3 Å². The maximum Gasteiger partial charge on any atom is 0.325 e. The van der Waals surface area contributed by atoms with Crippen LogP contribution in [-0.2, 0) is 28.1 Å². The van der Waals surface area contributed by atoms with Crippen LogP contribution in [0, 0.1) is 0 Å². The Bertz CT molecular complexity index is 1150. The molecule has 0 aliphatic carbocycles. The predicted octanol–water partition coefficient (Wildman–Crippen LogP) is 3.00. The van der Waals surface area contributed by atoms with Crippen molar-refractivity contribution in [3.05, 3.63) is 102 Å². The van der Waals surface area contributed by atoms with E-state index in [1.165, 1.54) is 0 Å². The van der Waals surface area contributed by atoms with Crippen molar-refractivity contribution >= 4 is 17.8 Å². The number of urea groups is 1. The average molecular weight is 444 g/mol. The molecule has 0 saturated carbocycles. The number of imide groups is 1. The summed E-state index contributed by atoms with van der Waals surface area (Å²) in [6, 6.07) is 25.3. The molecule has 1 atom stereocenters. The van der Waals surface area contributed by atoms with Gasteiger partial charge in [-0.3, -0.25) is 14.5 Å². The molecule has 0 radical (unpaired) electrons. The summed E-state index contributed by atoms with van der Waals surface area (Å²) < 4.78 is 5.30. The number of nitrogens with zero attached hydrogens (tertiary/aromatic N) is 1. The van der Waals surface area contributed by atoms with Gasteiger partial charge in [0.2, 0.25) is 5.91 Å². The summed E-state index contributed by atoms with van der Waals surface area (Å²) in [5, 5.41) is 5.63. The molecule has 2 N–H and O–H groups in total. The molecule has 4 rings (SSSR count). The zero-order chi connectivity index (χ0) is 23.3. The van der Waals surface area contributed by atoms with E-state index in [1.807, 2.05) is 78.9 Å². The van der Waals surface area contributed by atoms with Gasteiger partial charge in [0.15, 0.2) is 5.54 Å². The van der Waals surface area contributed by atoms with Gasteiger partial charge in [0, 0.05) is 18.5 Å². The number of rotatable bonds is 8. The number of hydrogen-bond donors (Lipinski definition) is 2. The van der Waals surface area contributed by atoms with Crippen molar-refractivity contribution in [3.63, 3.8) is 0 Å². The summed E-state index contributed by atoms with van der Waals surface area (Å²) in [7, 11) is 1.56. The number of carbonyl (C=O) groups excluding carboxylic acids is 3. The maximum absolute atomic E-state index is 13.6. The first-order valence-electron chi connectivity index (χ1n) is 10.7. The molecule has 1 fully saturated rings. The summed E-state index contributed by atoms with van der Waals surface area (Å²) in [6.45, 7) is -0.149. The van der Waals surface area contributed by atoms with Gasteiger partial charge < -0.3 is 15.4 Å². The van der Waals surface area contributed by atoms with E-state index in [4.69, 9.17) is 4.74 Å². The van der Waals surface area contributed by atoms with Crippen molar-refractivity contribution in [3.8, 4) is 5.75 Å². The molecule has 7 heteroatoms. The van der Waals surface area contributed by atoms with Crippen molar-refractivity contribution in [1.82, 2.24) is 15.5 Å². The SMILES string of the molecule is COc1ccccc1CNC(=O)CN1C(=O)N[C@@](Cc2ccccc2)(c2ccccc2)C1=O. The smallest absolute Gasteiger partial charge is 0.325 e. The third kappa shape index (κ3) is 4.57. The van der Waals surface area contributed by atoms with Crippen LogP contribution in [0.3, 0.4) is 0 Å². The van der Waals surface area contributed by atoms with Gasteiger partial charge in [0.25, 0.3) is 5.91 Å². The van der Waals surface area contributed by atoms with Gasteiger partial charge in [-0.15, -0.1) is 0 Å². The summed E-state index contributed by atoms with van der Waals surface area (Å²) in [5.41, 5.74) is 1.10. The molecule has 1 aliphatic heterocycles.